The van der Waals surface area contributed by atoms with Crippen molar-refractivity contribution in [3.05, 3.63) is 68.4 Å². The van der Waals surface area contributed by atoms with Crippen molar-refractivity contribution in [3.8, 4) is 22.9 Å². The molecular formula is C23H22ClN5O6. The van der Waals surface area contributed by atoms with Gasteiger partial charge in [0.15, 0.2) is 11.6 Å². The lowest BCUT2D eigenvalue weighted by Crippen LogP contribution is -2.29. The monoisotopic (exact) mass is 499 g/mol. The highest BCUT2D eigenvalue weighted by atomic mass is 35.5. The van der Waals surface area contributed by atoms with Gasteiger partial charge < -0.3 is 19.9 Å². The molecule has 1 atom stereocenters. The molecule has 35 heavy (non-hydrogen) atoms. The number of anilines is 1. The Morgan fingerprint density at radius 1 is 1.26 bits per heavy atom. The predicted octanol–water partition coefficient (Wildman–Crippen LogP) is 4.46. The fourth-order valence-electron chi connectivity index (χ4n) is 3.83. The Hall–Kier alpha value is -4.12. The van der Waals surface area contributed by atoms with Crippen LogP contribution in [0.4, 0.5) is 11.6 Å². The van der Waals surface area contributed by atoms with Crippen molar-refractivity contribution in [3.63, 3.8) is 0 Å². The van der Waals surface area contributed by atoms with Crippen LogP contribution in [0.1, 0.15) is 32.4 Å². The van der Waals surface area contributed by atoms with Crippen LogP contribution >= 0.6 is 11.6 Å². The number of nitro groups is 1. The molecule has 0 saturated carbocycles. The molecule has 0 saturated heterocycles. The van der Waals surface area contributed by atoms with Crippen molar-refractivity contribution in [2.75, 3.05) is 18.5 Å². The molecule has 11 nitrogen and oxygen atoms in total. The highest BCUT2D eigenvalue weighted by molar-refractivity contribution is 6.30. The molecular weight excluding hydrogens is 478 g/mol. The van der Waals surface area contributed by atoms with Crippen LogP contribution in [0.2, 0.25) is 5.02 Å². The molecule has 0 spiro atoms. The largest absolute Gasteiger partial charge is 0.500 e. The Balaban J connectivity index is 1.94. The van der Waals surface area contributed by atoms with Gasteiger partial charge in [-0.3, -0.25) is 10.1 Å². The van der Waals surface area contributed by atoms with Gasteiger partial charge in [0.05, 0.1) is 23.7 Å². The third-order valence-corrected chi connectivity index (χ3v) is 5.59. The van der Waals surface area contributed by atoms with Gasteiger partial charge in [-0.2, -0.15) is 4.98 Å². The zero-order chi connectivity index (χ0) is 25.3. The van der Waals surface area contributed by atoms with Crippen molar-refractivity contribution in [2.45, 2.75) is 26.8 Å². The number of nitro benzene ring substituents is 1. The molecule has 2 aromatic carbocycles. The number of hydrogen-bond donors (Lipinski definition) is 2. The summed E-state index contributed by atoms with van der Waals surface area (Å²) >= 11 is 6.00. The molecule has 0 radical (unpaired) electrons. The summed E-state index contributed by atoms with van der Waals surface area (Å²) in [4.78, 5) is 28.5. The number of rotatable bonds is 7. The number of aromatic nitrogens is 3. The number of aromatic hydroxyl groups is 1. The van der Waals surface area contributed by atoms with Crippen LogP contribution in [-0.4, -0.2) is 44.0 Å². The average molecular weight is 500 g/mol. The summed E-state index contributed by atoms with van der Waals surface area (Å²) < 4.78 is 12.2. The third-order valence-electron chi connectivity index (χ3n) is 5.34. The molecule has 1 unspecified atom stereocenters. The number of hydrogen-bond acceptors (Lipinski definition) is 9. The minimum atomic E-state index is -0.947. The number of esters is 1. The minimum absolute atomic E-state index is 0.0873. The molecule has 1 aromatic heterocycles. The molecule has 2 N–H and O–H groups in total. The van der Waals surface area contributed by atoms with E-state index in [0.717, 1.165) is 0 Å². The highest BCUT2D eigenvalue weighted by Crippen LogP contribution is 2.43. The Morgan fingerprint density at radius 2 is 1.97 bits per heavy atom. The number of ether oxygens (including phenoxy) is 2. The lowest BCUT2D eigenvalue weighted by molar-refractivity contribution is -0.386. The second kappa shape index (κ2) is 9.63. The summed E-state index contributed by atoms with van der Waals surface area (Å²) in [6.45, 7) is 5.33. The van der Waals surface area contributed by atoms with Crippen molar-refractivity contribution < 1.29 is 24.3 Å². The number of phenols is 1. The summed E-state index contributed by atoms with van der Waals surface area (Å²) in [6.07, 6.45) is 0. The SMILES string of the molecule is CCOC(=O)C1=C(C)Nc2nc(-c3ccc(Cl)cc3)nn2C1c1cc(OCC)c(O)c([N+](=O)[O-])c1. The fraction of sp³-hybridized carbons (Fsp3) is 0.261. The lowest BCUT2D eigenvalue weighted by atomic mass is 9.95. The first-order valence-corrected chi connectivity index (χ1v) is 11.1. The van der Waals surface area contributed by atoms with Crippen LogP contribution in [-0.2, 0) is 9.53 Å². The molecule has 12 heteroatoms. The number of halogens is 1. The maximum atomic E-state index is 13.0. The first-order valence-electron chi connectivity index (χ1n) is 10.8. The first-order chi connectivity index (χ1) is 16.7. The van der Waals surface area contributed by atoms with Crippen LogP contribution in [0.5, 0.6) is 11.5 Å². The molecule has 1 aliphatic heterocycles. The number of fused-ring (bicyclic) bond motifs is 1. The lowest BCUT2D eigenvalue weighted by Gasteiger charge is -2.28. The van der Waals surface area contributed by atoms with Crippen LogP contribution < -0.4 is 10.1 Å². The van der Waals surface area contributed by atoms with E-state index < -0.39 is 28.4 Å². The van der Waals surface area contributed by atoms with Crippen molar-refractivity contribution >= 4 is 29.2 Å². The predicted molar refractivity (Wildman–Crippen MR) is 127 cm³/mol. The first kappa shape index (κ1) is 24.0. The Kier molecular flexibility index (Phi) is 6.61. The summed E-state index contributed by atoms with van der Waals surface area (Å²) in [5, 5.41) is 30.3. The van der Waals surface area contributed by atoms with Gasteiger partial charge >= 0.3 is 11.7 Å². The molecule has 0 aliphatic carbocycles. The normalized spacial score (nSPS) is 14.8. The number of nitrogens with one attached hydrogen (secondary N) is 1. The van der Waals surface area contributed by atoms with Crippen LogP contribution in [0.3, 0.4) is 0 Å². The quantitative estimate of drug-likeness (QED) is 0.273. The zero-order valence-electron chi connectivity index (χ0n) is 19.1. The topological polar surface area (TPSA) is 142 Å². The molecule has 3 aromatic rings. The Labute approximate surface area is 205 Å². The third kappa shape index (κ3) is 4.50. The van der Waals surface area contributed by atoms with E-state index in [2.05, 4.69) is 15.4 Å². The number of carbonyl (C=O) groups is 1. The van der Waals surface area contributed by atoms with Crippen LogP contribution in [0, 0.1) is 10.1 Å². The van der Waals surface area contributed by atoms with E-state index in [1.807, 2.05) is 0 Å². The van der Waals surface area contributed by atoms with Gasteiger partial charge in [0.2, 0.25) is 11.7 Å². The zero-order valence-corrected chi connectivity index (χ0v) is 19.9. The maximum absolute atomic E-state index is 13.0. The Bertz CT molecular complexity index is 1330. The second-order valence-corrected chi connectivity index (χ2v) is 8.01. The molecule has 0 amide bonds. The van der Waals surface area contributed by atoms with Gasteiger partial charge in [-0.15, -0.1) is 5.10 Å². The van der Waals surface area contributed by atoms with E-state index in [9.17, 15) is 20.0 Å². The number of nitrogens with zero attached hydrogens (tertiary/aromatic N) is 4. The molecule has 4 rings (SSSR count). The van der Waals surface area contributed by atoms with Crippen molar-refractivity contribution in [1.82, 2.24) is 14.8 Å². The molecule has 1 aliphatic rings. The molecule has 182 valence electrons. The van der Waals surface area contributed by atoms with E-state index in [0.29, 0.717) is 28.1 Å². The maximum Gasteiger partial charge on any atom is 0.338 e. The van der Waals surface area contributed by atoms with Gasteiger partial charge in [-0.25, -0.2) is 9.48 Å². The number of carbonyl (C=O) groups excluding carboxylic acids is 1. The van der Waals surface area contributed by atoms with Gasteiger partial charge in [0, 0.05) is 22.3 Å². The van der Waals surface area contributed by atoms with E-state index in [-0.39, 0.29) is 30.1 Å². The number of benzene rings is 2. The second-order valence-electron chi connectivity index (χ2n) is 7.57. The smallest absolute Gasteiger partial charge is 0.338 e. The standard InChI is InChI=1S/C23H22ClN5O6/c1-4-34-17-11-14(10-16(20(17)30)29(32)33)19-18(22(31)35-5-2)12(3)25-23-26-21(27-28(19)23)13-6-8-15(24)9-7-13/h6-11,19,30H,4-5H2,1-3H3,(H,25,26,27). The van der Waals surface area contributed by atoms with E-state index in [1.54, 1.807) is 45.0 Å². The van der Waals surface area contributed by atoms with Gasteiger partial charge in [0.25, 0.3) is 0 Å². The summed E-state index contributed by atoms with van der Waals surface area (Å²) in [5.41, 5.74) is 1.04. The summed E-state index contributed by atoms with van der Waals surface area (Å²) in [5.74, 6) is -0.640. The van der Waals surface area contributed by atoms with E-state index >= 15 is 0 Å². The molecule has 0 bridgehead atoms. The van der Waals surface area contributed by atoms with Crippen LogP contribution in [0.15, 0.2) is 47.7 Å². The van der Waals surface area contributed by atoms with Gasteiger partial charge in [-0.1, -0.05) is 11.6 Å². The van der Waals surface area contributed by atoms with E-state index in [1.165, 1.54) is 16.8 Å². The number of allylic oxidation sites excluding steroid dienone is 1. The van der Waals surface area contributed by atoms with Gasteiger partial charge in [0.1, 0.15) is 6.04 Å². The van der Waals surface area contributed by atoms with Crippen molar-refractivity contribution in [2.24, 2.45) is 0 Å². The summed E-state index contributed by atoms with van der Waals surface area (Å²) in [7, 11) is 0. The van der Waals surface area contributed by atoms with E-state index in [4.69, 9.17) is 21.1 Å². The van der Waals surface area contributed by atoms with Crippen LogP contribution in [0.25, 0.3) is 11.4 Å². The Morgan fingerprint density at radius 3 is 2.60 bits per heavy atom. The fourth-order valence-corrected chi connectivity index (χ4v) is 3.96. The van der Waals surface area contributed by atoms with Gasteiger partial charge in [-0.05, 0) is 56.7 Å². The minimum Gasteiger partial charge on any atom is -0.500 e. The number of phenolic OH excluding ortho intramolecular Hbond substituents is 1. The highest BCUT2D eigenvalue weighted by Gasteiger charge is 2.37. The molecule has 0 fully saturated rings. The summed E-state index contributed by atoms with van der Waals surface area (Å²) in [6, 6.07) is 8.60. The van der Waals surface area contributed by atoms with Crippen molar-refractivity contribution in [1.29, 1.82) is 0 Å². The average Bonchev–Trinajstić information content (AvgIpc) is 3.23. The molecule has 2 heterocycles.